The first kappa shape index (κ1) is 14.8. The zero-order valence-electron chi connectivity index (χ0n) is 14.0. The van der Waals surface area contributed by atoms with Gasteiger partial charge in [-0.15, -0.1) is 0 Å². The average Bonchev–Trinajstić information content (AvgIpc) is 2.95. The van der Waals surface area contributed by atoms with E-state index in [9.17, 15) is 4.79 Å². The van der Waals surface area contributed by atoms with Crippen LogP contribution in [0.25, 0.3) is 0 Å². The van der Waals surface area contributed by atoms with E-state index >= 15 is 0 Å². The zero-order valence-corrected chi connectivity index (χ0v) is 14.0. The number of carbonyl (C=O) groups excluding carboxylic acids is 1. The van der Waals surface area contributed by atoms with Gasteiger partial charge in [-0.2, -0.15) is 0 Å². The van der Waals surface area contributed by atoms with Crippen LogP contribution >= 0.6 is 0 Å². The molecule has 1 unspecified atom stereocenters. The van der Waals surface area contributed by atoms with Crippen LogP contribution in [0, 0.1) is 0 Å². The number of nitrogen functional groups attached to an aromatic ring is 1. The Morgan fingerprint density at radius 3 is 2.46 bits per heavy atom. The van der Waals surface area contributed by atoms with Crippen LogP contribution in [0.1, 0.15) is 27.0 Å². The van der Waals surface area contributed by atoms with Gasteiger partial charge < -0.3 is 19.9 Å². The van der Waals surface area contributed by atoms with Crippen molar-refractivity contribution in [3.05, 3.63) is 82.9 Å². The fraction of sp³-hybridized carbons (Fsp3) is 0.0952. The van der Waals surface area contributed by atoms with Gasteiger partial charge in [0.2, 0.25) is 0 Å². The molecule has 5 heteroatoms. The van der Waals surface area contributed by atoms with Crippen molar-refractivity contribution in [3.8, 4) is 17.2 Å². The van der Waals surface area contributed by atoms with E-state index in [2.05, 4.69) is 0 Å². The van der Waals surface area contributed by atoms with Crippen molar-refractivity contribution in [1.82, 2.24) is 0 Å². The Morgan fingerprint density at radius 2 is 1.65 bits per heavy atom. The molecule has 2 N–H and O–H groups in total. The van der Waals surface area contributed by atoms with E-state index in [-0.39, 0.29) is 5.97 Å². The molecular weight excluding hydrogens is 330 g/mol. The number of carbonyl (C=O) groups is 1. The normalized spacial score (nSPS) is 19.2. The molecule has 3 aromatic carbocycles. The molecule has 5 rings (SSSR count). The first-order valence-electron chi connectivity index (χ1n) is 8.23. The van der Waals surface area contributed by atoms with Crippen LogP contribution in [0.5, 0.6) is 17.2 Å². The lowest BCUT2D eigenvalue weighted by atomic mass is 9.77. The molecule has 128 valence electrons. The molecule has 0 saturated carbocycles. The Bertz CT molecular complexity index is 1080. The molecule has 0 aromatic heterocycles. The summed E-state index contributed by atoms with van der Waals surface area (Å²) in [7, 11) is 1.59. The number of methoxy groups -OCH3 is 1. The first-order valence-corrected chi connectivity index (χ1v) is 8.23. The van der Waals surface area contributed by atoms with Gasteiger partial charge in [0.05, 0.1) is 12.7 Å². The van der Waals surface area contributed by atoms with Crippen molar-refractivity contribution in [2.45, 2.75) is 5.60 Å². The third-order valence-electron chi connectivity index (χ3n) is 4.95. The summed E-state index contributed by atoms with van der Waals surface area (Å²) in [6.07, 6.45) is 0. The van der Waals surface area contributed by atoms with Gasteiger partial charge in [-0.1, -0.05) is 18.2 Å². The summed E-state index contributed by atoms with van der Waals surface area (Å²) in [6, 6.07) is 18.3. The maximum atomic E-state index is 12.6. The predicted octanol–water partition coefficient (Wildman–Crippen LogP) is 3.85. The van der Waals surface area contributed by atoms with E-state index in [0.29, 0.717) is 28.5 Å². The van der Waals surface area contributed by atoms with Gasteiger partial charge >= 0.3 is 5.97 Å². The van der Waals surface area contributed by atoms with Gasteiger partial charge in [0.15, 0.2) is 5.60 Å². The highest BCUT2D eigenvalue weighted by atomic mass is 16.6. The summed E-state index contributed by atoms with van der Waals surface area (Å²) in [5.41, 5.74) is 8.33. The minimum atomic E-state index is -1.06. The number of esters is 1. The lowest BCUT2D eigenvalue weighted by Crippen LogP contribution is -2.33. The Hall–Kier alpha value is -3.47. The largest absolute Gasteiger partial charge is 0.497 e. The van der Waals surface area contributed by atoms with Crippen LogP contribution in [0.4, 0.5) is 5.69 Å². The van der Waals surface area contributed by atoms with E-state index in [1.54, 1.807) is 31.4 Å². The van der Waals surface area contributed by atoms with E-state index in [1.807, 2.05) is 36.4 Å². The second-order valence-electron chi connectivity index (χ2n) is 6.34. The molecule has 2 aliphatic heterocycles. The molecule has 0 radical (unpaired) electrons. The van der Waals surface area contributed by atoms with Crippen LogP contribution < -0.4 is 15.2 Å². The monoisotopic (exact) mass is 345 g/mol. The van der Waals surface area contributed by atoms with Crippen molar-refractivity contribution >= 4 is 11.7 Å². The minimum Gasteiger partial charge on any atom is -0.497 e. The second kappa shape index (κ2) is 5.02. The van der Waals surface area contributed by atoms with Gasteiger partial charge in [0, 0.05) is 34.5 Å². The molecule has 1 spiro atoms. The molecule has 5 nitrogen and oxygen atoms in total. The zero-order chi connectivity index (χ0) is 17.9. The number of hydrogen-bond acceptors (Lipinski definition) is 5. The van der Waals surface area contributed by atoms with Crippen LogP contribution in [0.2, 0.25) is 0 Å². The fourth-order valence-electron chi connectivity index (χ4n) is 3.80. The highest BCUT2D eigenvalue weighted by Gasteiger charge is 2.53. The van der Waals surface area contributed by atoms with Crippen LogP contribution in [0.3, 0.4) is 0 Å². The molecule has 2 aliphatic rings. The fourth-order valence-corrected chi connectivity index (χ4v) is 3.80. The highest BCUT2D eigenvalue weighted by Crippen LogP contribution is 2.56. The van der Waals surface area contributed by atoms with Gasteiger partial charge in [-0.05, 0) is 30.3 Å². The number of benzene rings is 3. The minimum absolute atomic E-state index is 0.355. The molecule has 1 atom stereocenters. The van der Waals surface area contributed by atoms with Crippen LogP contribution in [0.15, 0.2) is 60.7 Å². The van der Waals surface area contributed by atoms with Gasteiger partial charge in [0.1, 0.15) is 17.2 Å². The topological polar surface area (TPSA) is 70.8 Å². The number of rotatable bonds is 1. The third kappa shape index (κ3) is 1.77. The summed E-state index contributed by atoms with van der Waals surface area (Å²) in [4.78, 5) is 12.6. The third-order valence-corrected chi connectivity index (χ3v) is 4.95. The summed E-state index contributed by atoms with van der Waals surface area (Å²) < 4.78 is 17.4. The molecular formula is C21H15NO4. The SMILES string of the molecule is COc1ccc2c(c1)Oc1cc(N)ccc1C21OC(=O)c2ccccc21. The standard InChI is InChI=1S/C21H15NO4/c1-24-13-7-9-17-19(11-13)25-18-10-12(22)6-8-16(18)21(17)15-5-3-2-4-14(15)20(23)26-21/h2-11H,22H2,1H3. The number of nitrogens with two attached hydrogens (primary N) is 1. The van der Waals surface area contributed by atoms with E-state index in [1.165, 1.54) is 0 Å². The summed E-state index contributed by atoms with van der Waals surface area (Å²) >= 11 is 0. The van der Waals surface area contributed by atoms with Gasteiger partial charge in [-0.25, -0.2) is 4.79 Å². The Labute approximate surface area is 149 Å². The maximum Gasteiger partial charge on any atom is 0.340 e. The Morgan fingerprint density at radius 1 is 0.923 bits per heavy atom. The Kier molecular flexibility index (Phi) is 2.86. The van der Waals surface area contributed by atoms with E-state index < -0.39 is 5.60 Å². The molecule has 0 bridgehead atoms. The summed E-state index contributed by atoms with van der Waals surface area (Å²) in [6.45, 7) is 0. The van der Waals surface area contributed by atoms with Crippen molar-refractivity contribution < 1.29 is 19.0 Å². The van der Waals surface area contributed by atoms with Crippen molar-refractivity contribution in [2.75, 3.05) is 12.8 Å². The second-order valence-corrected chi connectivity index (χ2v) is 6.34. The van der Waals surface area contributed by atoms with Crippen molar-refractivity contribution in [3.63, 3.8) is 0 Å². The molecule has 0 saturated heterocycles. The molecule has 0 fully saturated rings. The summed E-state index contributed by atoms with van der Waals surface area (Å²) in [5.74, 6) is 1.44. The number of ether oxygens (including phenoxy) is 3. The molecule has 0 aliphatic carbocycles. The van der Waals surface area contributed by atoms with E-state index in [0.717, 1.165) is 16.7 Å². The number of fused-ring (bicyclic) bond motifs is 6. The molecule has 2 heterocycles. The lowest BCUT2D eigenvalue weighted by Gasteiger charge is -2.36. The highest BCUT2D eigenvalue weighted by molar-refractivity contribution is 5.97. The van der Waals surface area contributed by atoms with Gasteiger partial charge in [0.25, 0.3) is 0 Å². The predicted molar refractivity (Wildman–Crippen MR) is 95.7 cm³/mol. The number of anilines is 1. The van der Waals surface area contributed by atoms with Crippen LogP contribution in [-0.4, -0.2) is 13.1 Å². The van der Waals surface area contributed by atoms with Crippen molar-refractivity contribution in [2.24, 2.45) is 0 Å². The maximum absolute atomic E-state index is 12.6. The van der Waals surface area contributed by atoms with Crippen LogP contribution in [-0.2, 0) is 10.3 Å². The first-order chi connectivity index (χ1) is 12.6. The quantitative estimate of drug-likeness (QED) is 0.536. The molecule has 3 aromatic rings. The number of hydrogen-bond donors (Lipinski definition) is 1. The summed E-state index contributed by atoms with van der Waals surface area (Å²) in [5, 5.41) is 0. The van der Waals surface area contributed by atoms with E-state index in [4.69, 9.17) is 19.9 Å². The average molecular weight is 345 g/mol. The lowest BCUT2D eigenvalue weighted by molar-refractivity contribution is 0.0224. The molecule has 26 heavy (non-hydrogen) atoms. The van der Waals surface area contributed by atoms with Gasteiger partial charge in [-0.3, -0.25) is 0 Å². The smallest absolute Gasteiger partial charge is 0.340 e. The Balaban J connectivity index is 1.88. The van der Waals surface area contributed by atoms with Crippen molar-refractivity contribution in [1.29, 1.82) is 0 Å². The molecule has 0 amide bonds.